The van der Waals surface area contributed by atoms with Gasteiger partial charge in [0.25, 0.3) is 0 Å². The topological polar surface area (TPSA) is 0 Å². The van der Waals surface area contributed by atoms with E-state index in [1.54, 1.807) is 0 Å². The molecule has 3 heteroatoms. The van der Waals surface area contributed by atoms with Gasteiger partial charge in [0.1, 0.15) is 0 Å². The summed E-state index contributed by atoms with van der Waals surface area (Å²) in [6.45, 7) is 0. The molecule has 0 spiro atoms. The summed E-state index contributed by atoms with van der Waals surface area (Å²) in [5.41, 5.74) is 0. The van der Waals surface area contributed by atoms with Crippen molar-refractivity contribution in [3.8, 4) is 0 Å². The zero-order chi connectivity index (χ0) is 14.7. The van der Waals surface area contributed by atoms with Crippen LogP contribution in [0.5, 0.6) is 0 Å². The van der Waals surface area contributed by atoms with Crippen molar-refractivity contribution in [1.82, 2.24) is 0 Å². The van der Waals surface area contributed by atoms with E-state index in [2.05, 4.69) is 24.3 Å². The van der Waals surface area contributed by atoms with E-state index in [4.69, 9.17) is 22.7 Å². The van der Waals surface area contributed by atoms with Crippen molar-refractivity contribution >= 4 is 45.6 Å². The molecule has 0 aromatic heterocycles. The van der Waals surface area contributed by atoms with Crippen LogP contribution in [0.15, 0.2) is 84.9 Å². The number of benzene rings is 3. The third kappa shape index (κ3) is 2.77. The third-order valence-corrected chi connectivity index (χ3v) is 9.19. The summed E-state index contributed by atoms with van der Waals surface area (Å²) >= 11 is 13.3. The molecule has 0 saturated heterocycles. The quantitative estimate of drug-likeness (QED) is 0.392. The van der Waals surface area contributed by atoms with E-state index in [1.807, 2.05) is 60.7 Å². The summed E-state index contributed by atoms with van der Waals surface area (Å²) in [5, 5.41) is 4.24. The Morgan fingerprint density at radius 3 is 1.33 bits per heavy atom. The number of hydrogen-bond acceptors (Lipinski definition) is 0. The molecule has 0 atom stereocenters. The predicted molar refractivity (Wildman–Crippen MR) is 94.8 cm³/mol. The summed E-state index contributed by atoms with van der Waals surface area (Å²) in [6.07, 6.45) is 0. The molecule has 0 fully saturated rings. The van der Waals surface area contributed by atoms with Gasteiger partial charge in [-0.25, -0.2) is 0 Å². The van der Waals surface area contributed by atoms with Gasteiger partial charge in [-0.2, -0.15) is 0 Å². The molecule has 104 valence electrons. The minimum Gasteiger partial charge on any atom is -0.149 e. The molecule has 0 aliphatic carbocycles. The first-order valence-corrected chi connectivity index (χ1v) is 10.2. The largest absolute Gasteiger partial charge is 0.247 e. The first-order chi connectivity index (χ1) is 10.2. The van der Waals surface area contributed by atoms with Crippen LogP contribution in [-0.4, -0.2) is 7.38 Å². The molecule has 21 heavy (non-hydrogen) atoms. The fraction of sp³-hybridized carbons (Fsp3) is 0. The van der Waals surface area contributed by atoms with E-state index >= 15 is 0 Å². The van der Waals surface area contributed by atoms with Gasteiger partial charge in [-0.05, 0) is 27.7 Å². The highest BCUT2D eigenvalue weighted by molar-refractivity contribution is 7.40. The van der Waals surface area contributed by atoms with Crippen LogP contribution in [0.4, 0.5) is 0 Å². The maximum absolute atomic E-state index is 7.26. The number of hydrogen-bond donors (Lipinski definition) is 0. The van der Waals surface area contributed by atoms with E-state index < -0.39 is 7.38 Å². The summed E-state index contributed by atoms with van der Waals surface area (Å²) in [5.74, 6) is 0. The average molecular weight is 329 g/mol. The van der Waals surface area contributed by atoms with Crippen molar-refractivity contribution < 1.29 is 0 Å². The Morgan fingerprint density at radius 1 is 0.524 bits per heavy atom. The lowest BCUT2D eigenvalue weighted by molar-refractivity contribution is 1.70. The summed E-state index contributed by atoms with van der Waals surface area (Å²) in [4.78, 5) is 0. The van der Waals surface area contributed by atoms with E-state index in [0.717, 1.165) is 10.2 Å². The maximum atomic E-state index is 7.26. The van der Waals surface area contributed by atoms with Crippen LogP contribution in [0.25, 0.3) is 0 Å². The number of halogens is 2. The lowest BCUT2D eigenvalue weighted by atomic mass is 10.3. The molecular formula is C18H14Cl2Si. The zero-order valence-electron chi connectivity index (χ0n) is 11.3. The van der Waals surface area contributed by atoms with Crippen LogP contribution in [0.1, 0.15) is 0 Å². The van der Waals surface area contributed by atoms with Gasteiger partial charge in [0, 0.05) is 5.02 Å². The molecule has 0 heterocycles. The lowest BCUT2D eigenvalue weighted by Gasteiger charge is -2.26. The second kappa shape index (κ2) is 6.06. The normalized spacial score (nSPS) is 11.3. The van der Waals surface area contributed by atoms with E-state index in [1.165, 1.54) is 10.4 Å². The zero-order valence-corrected chi connectivity index (χ0v) is 13.9. The minimum absolute atomic E-state index is 0.730. The molecule has 0 unspecified atom stereocenters. The molecule has 0 N–H and O–H groups in total. The summed E-state index contributed by atoms with van der Waals surface area (Å²) in [6, 6.07) is 28.5. The Kier molecular flexibility index (Phi) is 4.16. The third-order valence-electron chi connectivity index (χ3n) is 3.59. The molecule has 0 bridgehead atoms. The molecule has 0 saturated carbocycles. The highest BCUT2D eigenvalue weighted by Gasteiger charge is 2.37. The van der Waals surface area contributed by atoms with Crippen molar-refractivity contribution in [3.63, 3.8) is 0 Å². The highest BCUT2D eigenvalue weighted by Crippen LogP contribution is 2.14. The Labute approximate surface area is 135 Å². The first-order valence-electron chi connectivity index (χ1n) is 6.77. The fourth-order valence-electron chi connectivity index (χ4n) is 2.52. The van der Waals surface area contributed by atoms with Gasteiger partial charge in [-0.3, -0.25) is 0 Å². The van der Waals surface area contributed by atoms with Crippen molar-refractivity contribution in [3.05, 3.63) is 90.0 Å². The van der Waals surface area contributed by atoms with Crippen LogP contribution < -0.4 is 15.6 Å². The molecule has 3 aromatic carbocycles. The monoisotopic (exact) mass is 328 g/mol. The molecular weight excluding hydrogens is 315 g/mol. The molecule has 0 amide bonds. The van der Waals surface area contributed by atoms with E-state index in [0.29, 0.717) is 0 Å². The minimum atomic E-state index is -2.49. The van der Waals surface area contributed by atoms with Gasteiger partial charge in [0.15, 0.2) is 0 Å². The molecule has 0 radical (unpaired) electrons. The Hall–Kier alpha value is -1.54. The first kappa shape index (κ1) is 14.4. The van der Waals surface area contributed by atoms with Crippen LogP contribution >= 0.6 is 22.7 Å². The smallest absolute Gasteiger partial charge is 0.149 e. The van der Waals surface area contributed by atoms with Crippen LogP contribution in [0.2, 0.25) is 5.02 Å². The molecule has 0 aliphatic heterocycles. The predicted octanol–water partition coefficient (Wildman–Crippen LogP) is 3.55. The molecule has 3 rings (SSSR count). The van der Waals surface area contributed by atoms with E-state index in [-0.39, 0.29) is 0 Å². The molecule has 0 nitrogen and oxygen atoms in total. The SMILES string of the molecule is Clc1ccc([Si](Cl)(c2ccccc2)c2ccccc2)cc1. The Morgan fingerprint density at radius 2 is 0.905 bits per heavy atom. The standard InChI is InChI=1S/C18H14Cl2Si/c19-15-11-13-18(14-12-15)21(20,16-7-3-1-4-8-16)17-9-5-2-6-10-17/h1-14H. The second-order valence-corrected chi connectivity index (χ2v) is 10.1. The van der Waals surface area contributed by atoms with Gasteiger partial charge in [0.05, 0.1) is 0 Å². The van der Waals surface area contributed by atoms with Crippen LogP contribution in [-0.2, 0) is 0 Å². The van der Waals surface area contributed by atoms with Crippen molar-refractivity contribution in [2.75, 3.05) is 0 Å². The number of rotatable bonds is 3. The molecule has 3 aromatic rings. The maximum Gasteiger partial charge on any atom is 0.247 e. The van der Waals surface area contributed by atoms with Crippen LogP contribution in [0.3, 0.4) is 0 Å². The van der Waals surface area contributed by atoms with Gasteiger partial charge in [-0.1, -0.05) is 84.4 Å². The van der Waals surface area contributed by atoms with E-state index in [9.17, 15) is 0 Å². The highest BCUT2D eigenvalue weighted by atomic mass is 35.6. The lowest BCUT2D eigenvalue weighted by Crippen LogP contribution is -2.62. The Balaban J connectivity index is 2.23. The van der Waals surface area contributed by atoms with Crippen molar-refractivity contribution in [1.29, 1.82) is 0 Å². The van der Waals surface area contributed by atoms with Gasteiger partial charge in [0.2, 0.25) is 7.38 Å². The van der Waals surface area contributed by atoms with Crippen LogP contribution in [0, 0.1) is 0 Å². The van der Waals surface area contributed by atoms with Crippen molar-refractivity contribution in [2.24, 2.45) is 0 Å². The van der Waals surface area contributed by atoms with Gasteiger partial charge < -0.3 is 0 Å². The van der Waals surface area contributed by atoms with Gasteiger partial charge in [-0.15, -0.1) is 11.1 Å². The fourth-order valence-corrected chi connectivity index (χ4v) is 6.70. The summed E-state index contributed by atoms with van der Waals surface area (Å²) in [7, 11) is -2.49. The van der Waals surface area contributed by atoms with Gasteiger partial charge >= 0.3 is 0 Å². The summed E-state index contributed by atoms with van der Waals surface area (Å²) < 4.78 is 0. The molecule has 0 aliphatic rings. The average Bonchev–Trinajstić information content (AvgIpc) is 2.56. The Bertz CT molecular complexity index is 670. The second-order valence-electron chi connectivity index (χ2n) is 4.90. The van der Waals surface area contributed by atoms with Crippen molar-refractivity contribution in [2.45, 2.75) is 0 Å².